The van der Waals surface area contributed by atoms with E-state index in [1.54, 1.807) is 0 Å². The quantitative estimate of drug-likeness (QED) is 0.795. The Labute approximate surface area is 97.3 Å². The molecule has 0 aliphatic heterocycles. The summed E-state index contributed by atoms with van der Waals surface area (Å²) >= 11 is 0. The van der Waals surface area contributed by atoms with Crippen LogP contribution in [0, 0.1) is 0 Å². The SMILES string of the molecule is CCCC[C@H](C)c1ccccc1CC(=O)O. The van der Waals surface area contributed by atoms with Crippen LogP contribution in [0.3, 0.4) is 0 Å². The van der Waals surface area contributed by atoms with Crippen LogP contribution in [0.1, 0.15) is 50.2 Å². The van der Waals surface area contributed by atoms with Crippen molar-refractivity contribution in [3.8, 4) is 0 Å². The van der Waals surface area contributed by atoms with Gasteiger partial charge in [0.1, 0.15) is 0 Å². The van der Waals surface area contributed by atoms with E-state index >= 15 is 0 Å². The molecule has 0 spiro atoms. The van der Waals surface area contributed by atoms with Crippen molar-refractivity contribution in [1.29, 1.82) is 0 Å². The number of aliphatic carboxylic acids is 1. The lowest BCUT2D eigenvalue weighted by atomic mass is 9.90. The summed E-state index contributed by atoms with van der Waals surface area (Å²) in [5, 5.41) is 8.85. The minimum Gasteiger partial charge on any atom is -0.481 e. The maximum Gasteiger partial charge on any atom is 0.307 e. The van der Waals surface area contributed by atoms with E-state index in [2.05, 4.69) is 19.9 Å². The first-order chi connectivity index (χ1) is 7.65. The predicted molar refractivity (Wildman–Crippen MR) is 65.7 cm³/mol. The van der Waals surface area contributed by atoms with Crippen molar-refractivity contribution in [1.82, 2.24) is 0 Å². The normalized spacial score (nSPS) is 12.4. The molecule has 0 aliphatic carbocycles. The van der Waals surface area contributed by atoms with Crippen LogP contribution in [-0.4, -0.2) is 11.1 Å². The third-order valence-electron chi connectivity index (χ3n) is 2.92. The summed E-state index contributed by atoms with van der Waals surface area (Å²) in [4.78, 5) is 10.8. The van der Waals surface area contributed by atoms with E-state index in [0.717, 1.165) is 12.0 Å². The lowest BCUT2D eigenvalue weighted by molar-refractivity contribution is -0.136. The van der Waals surface area contributed by atoms with Gasteiger partial charge in [-0.05, 0) is 23.5 Å². The number of benzene rings is 1. The van der Waals surface area contributed by atoms with Gasteiger partial charge >= 0.3 is 5.97 Å². The van der Waals surface area contributed by atoms with Crippen LogP contribution in [0.2, 0.25) is 0 Å². The molecule has 1 atom stereocenters. The summed E-state index contributed by atoms with van der Waals surface area (Å²) in [7, 11) is 0. The molecule has 0 amide bonds. The second-order valence-corrected chi connectivity index (χ2v) is 4.31. The first-order valence-electron chi connectivity index (χ1n) is 5.94. The molecule has 0 aliphatic rings. The lowest BCUT2D eigenvalue weighted by Crippen LogP contribution is -2.05. The molecular weight excluding hydrogens is 200 g/mol. The van der Waals surface area contributed by atoms with E-state index in [4.69, 9.17) is 5.11 Å². The topological polar surface area (TPSA) is 37.3 Å². The average Bonchev–Trinajstić information content (AvgIpc) is 2.26. The Kier molecular flexibility index (Phi) is 5.03. The highest BCUT2D eigenvalue weighted by Gasteiger charge is 2.11. The minimum atomic E-state index is -0.754. The molecule has 1 aromatic rings. The highest BCUT2D eigenvalue weighted by Crippen LogP contribution is 2.25. The van der Waals surface area contributed by atoms with E-state index in [9.17, 15) is 4.79 Å². The zero-order valence-electron chi connectivity index (χ0n) is 10.1. The van der Waals surface area contributed by atoms with Crippen molar-refractivity contribution in [2.75, 3.05) is 0 Å². The Morgan fingerprint density at radius 3 is 2.69 bits per heavy atom. The molecular formula is C14H20O2. The standard InChI is InChI=1S/C14H20O2/c1-3-4-7-11(2)13-9-6-5-8-12(13)10-14(15)16/h5-6,8-9,11H,3-4,7,10H2,1-2H3,(H,15,16)/t11-/m0/s1. The van der Waals surface area contributed by atoms with E-state index in [-0.39, 0.29) is 6.42 Å². The van der Waals surface area contributed by atoms with E-state index in [1.165, 1.54) is 18.4 Å². The summed E-state index contributed by atoms with van der Waals surface area (Å²) in [5.74, 6) is -0.300. The van der Waals surface area contributed by atoms with Gasteiger partial charge in [-0.25, -0.2) is 0 Å². The number of carboxylic acid groups (broad SMARTS) is 1. The maximum atomic E-state index is 10.8. The van der Waals surface area contributed by atoms with Crippen LogP contribution >= 0.6 is 0 Å². The van der Waals surface area contributed by atoms with Gasteiger partial charge in [-0.3, -0.25) is 4.79 Å². The van der Waals surface area contributed by atoms with Gasteiger partial charge in [0.25, 0.3) is 0 Å². The molecule has 1 rings (SSSR count). The van der Waals surface area contributed by atoms with E-state index < -0.39 is 5.97 Å². The molecule has 88 valence electrons. The molecule has 0 fully saturated rings. The Morgan fingerprint density at radius 1 is 1.38 bits per heavy atom. The summed E-state index contributed by atoms with van der Waals surface area (Å²) in [6, 6.07) is 7.88. The van der Waals surface area contributed by atoms with E-state index in [0.29, 0.717) is 5.92 Å². The zero-order valence-corrected chi connectivity index (χ0v) is 10.1. The Bertz CT molecular complexity index is 344. The minimum absolute atomic E-state index is 0.132. The maximum absolute atomic E-state index is 10.8. The van der Waals surface area contributed by atoms with Gasteiger partial charge < -0.3 is 5.11 Å². The van der Waals surface area contributed by atoms with Gasteiger partial charge in [0.2, 0.25) is 0 Å². The van der Waals surface area contributed by atoms with Crippen molar-refractivity contribution < 1.29 is 9.90 Å². The number of carbonyl (C=O) groups is 1. The van der Waals surface area contributed by atoms with Crippen LogP contribution < -0.4 is 0 Å². The number of rotatable bonds is 6. The van der Waals surface area contributed by atoms with Gasteiger partial charge in [-0.15, -0.1) is 0 Å². The molecule has 1 aromatic carbocycles. The fourth-order valence-electron chi connectivity index (χ4n) is 2.00. The van der Waals surface area contributed by atoms with Crippen LogP contribution in [0.25, 0.3) is 0 Å². The van der Waals surface area contributed by atoms with Crippen molar-refractivity contribution >= 4 is 5.97 Å². The first kappa shape index (κ1) is 12.8. The smallest absolute Gasteiger partial charge is 0.307 e. The van der Waals surface area contributed by atoms with Gasteiger partial charge in [0.15, 0.2) is 0 Å². The molecule has 0 aromatic heterocycles. The number of hydrogen-bond donors (Lipinski definition) is 1. The number of unbranched alkanes of at least 4 members (excludes halogenated alkanes) is 1. The molecule has 0 saturated carbocycles. The molecule has 2 heteroatoms. The zero-order chi connectivity index (χ0) is 12.0. The van der Waals surface area contributed by atoms with Crippen molar-refractivity contribution in [3.63, 3.8) is 0 Å². The van der Waals surface area contributed by atoms with Crippen LogP contribution in [0.15, 0.2) is 24.3 Å². The highest BCUT2D eigenvalue weighted by molar-refractivity contribution is 5.70. The van der Waals surface area contributed by atoms with Crippen LogP contribution in [-0.2, 0) is 11.2 Å². The summed E-state index contributed by atoms with van der Waals surface area (Å²) in [6.07, 6.45) is 3.65. The Balaban J connectivity index is 2.80. The Morgan fingerprint density at radius 2 is 2.06 bits per heavy atom. The van der Waals surface area contributed by atoms with Crippen molar-refractivity contribution in [2.24, 2.45) is 0 Å². The number of carboxylic acids is 1. The van der Waals surface area contributed by atoms with Gasteiger partial charge in [-0.1, -0.05) is 51.0 Å². The Hall–Kier alpha value is -1.31. The van der Waals surface area contributed by atoms with Crippen molar-refractivity contribution in [2.45, 2.75) is 45.4 Å². The fraction of sp³-hybridized carbons (Fsp3) is 0.500. The molecule has 0 radical (unpaired) electrons. The van der Waals surface area contributed by atoms with Crippen molar-refractivity contribution in [3.05, 3.63) is 35.4 Å². The molecule has 1 N–H and O–H groups in total. The third kappa shape index (κ3) is 3.69. The summed E-state index contributed by atoms with van der Waals surface area (Å²) < 4.78 is 0. The predicted octanol–water partition coefficient (Wildman–Crippen LogP) is 3.61. The van der Waals surface area contributed by atoms with Crippen LogP contribution in [0.4, 0.5) is 0 Å². The first-order valence-corrected chi connectivity index (χ1v) is 5.94. The van der Waals surface area contributed by atoms with Gasteiger partial charge in [-0.2, -0.15) is 0 Å². The highest BCUT2D eigenvalue weighted by atomic mass is 16.4. The van der Waals surface area contributed by atoms with Gasteiger partial charge in [0, 0.05) is 0 Å². The fourth-order valence-corrected chi connectivity index (χ4v) is 2.00. The number of hydrogen-bond acceptors (Lipinski definition) is 1. The molecule has 0 bridgehead atoms. The molecule has 0 heterocycles. The van der Waals surface area contributed by atoms with Crippen LogP contribution in [0.5, 0.6) is 0 Å². The monoisotopic (exact) mass is 220 g/mol. The third-order valence-corrected chi connectivity index (χ3v) is 2.92. The molecule has 0 saturated heterocycles. The molecule has 16 heavy (non-hydrogen) atoms. The molecule has 2 nitrogen and oxygen atoms in total. The second-order valence-electron chi connectivity index (χ2n) is 4.31. The summed E-state index contributed by atoms with van der Waals surface area (Å²) in [5.41, 5.74) is 2.15. The lowest BCUT2D eigenvalue weighted by Gasteiger charge is -2.15. The second kappa shape index (κ2) is 6.31. The largest absolute Gasteiger partial charge is 0.481 e. The molecule has 0 unspecified atom stereocenters. The van der Waals surface area contributed by atoms with E-state index in [1.807, 2.05) is 18.2 Å². The average molecular weight is 220 g/mol. The summed E-state index contributed by atoms with van der Waals surface area (Å²) in [6.45, 7) is 4.35. The van der Waals surface area contributed by atoms with Gasteiger partial charge in [0.05, 0.1) is 6.42 Å².